The summed E-state index contributed by atoms with van der Waals surface area (Å²) >= 11 is 1.42. The molecule has 10 heteroatoms. The van der Waals surface area contributed by atoms with Crippen molar-refractivity contribution in [3.05, 3.63) is 86.6 Å². The minimum atomic E-state index is -0.315. The summed E-state index contributed by atoms with van der Waals surface area (Å²) in [6, 6.07) is 17.3. The molecule has 3 fully saturated rings. The number of nitrogens with zero attached hydrogens (tertiary/aromatic N) is 5. The molecular formula is C31H33N5O4S. The monoisotopic (exact) mass is 571 g/mol. The van der Waals surface area contributed by atoms with Crippen LogP contribution in [0.25, 0.3) is 11.8 Å². The van der Waals surface area contributed by atoms with Crippen LogP contribution < -0.4 is 4.90 Å². The zero-order valence-corrected chi connectivity index (χ0v) is 24.1. The number of carbonyl (C=O) groups excluding carboxylic acids is 1. The lowest BCUT2D eigenvalue weighted by atomic mass is 10.2. The van der Waals surface area contributed by atoms with E-state index in [0.29, 0.717) is 36.9 Å². The highest BCUT2D eigenvalue weighted by molar-refractivity contribution is 8.18. The highest BCUT2D eigenvalue weighted by atomic mass is 32.2. The number of aromatic nitrogens is 1. The molecule has 1 aliphatic carbocycles. The van der Waals surface area contributed by atoms with E-state index in [1.54, 1.807) is 6.07 Å². The second-order valence-electron chi connectivity index (χ2n) is 10.6. The van der Waals surface area contributed by atoms with Crippen LogP contribution in [0.5, 0.6) is 0 Å². The van der Waals surface area contributed by atoms with Crippen LogP contribution in [0.2, 0.25) is 0 Å². The molecule has 0 spiro atoms. The third kappa shape index (κ3) is 5.41. The predicted molar refractivity (Wildman–Crippen MR) is 163 cm³/mol. The summed E-state index contributed by atoms with van der Waals surface area (Å²) in [5.74, 6) is -0.00751. The number of para-hydroxylation sites is 1. The first-order chi connectivity index (χ1) is 19.9. The third-order valence-corrected chi connectivity index (χ3v) is 9.01. The number of aliphatic imine (C=N–C) groups is 1. The molecule has 6 rings (SSSR count). The molecule has 0 radical (unpaired) electrons. The largest absolute Gasteiger partial charge is 0.378 e. The van der Waals surface area contributed by atoms with E-state index in [-0.39, 0.29) is 22.6 Å². The Kier molecular flexibility index (Phi) is 7.68. The zero-order valence-electron chi connectivity index (χ0n) is 23.3. The summed E-state index contributed by atoms with van der Waals surface area (Å²) in [4.78, 5) is 34.9. The van der Waals surface area contributed by atoms with Crippen molar-refractivity contribution in [3.63, 3.8) is 0 Å². The number of nitro groups is 1. The second kappa shape index (κ2) is 11.5. The molecule has 0 bridgehead atoms. The van der Waals surface area contributed by atoms with Gasteiger partial charge in [0, 0.05) is 36.6 Å². The number of anilines is 1. The average molecular weight is 572 g/mol. The van der Waals surface area contributed by atoms with Crippen LogP contribution in [0.3, 0.4) is 0 Å². The van der Waals surface area contributed by atoms with Gasteiger partial charge in [0.05, 0.1) is 34.4 Å². The maximum Gasteiger partial charge on any atom is 0.294 e. The van der Waals surface area contributed by atoms with Gasteiger partial charge < -0.3 is 14.2 Å². The van der Waals surface area contributed by atoms with Crippen LogP contribution in [0.1, 0.15) is 42.6 Å². The highest BCUT2D eigenvalue weighted by Gasteiger charge is 2.39. The van der Waals surface area contributed by atoms with Crippen LogP contribution in [-0.4, -0.2) is 57.8 Å². The molecule has 0 N–H and O–H groups in total. The van der Waals surface area contributed by atoms with E-state index in [0.717, 1.165) is 59.2 Å². The topological polar surface area (TPSA) is 93.2 Å². The van der Waals surface area contributed by atoms with Crippen LogP contribution in [0.4, 0.5) is 17.1 Å². The normalized spacial score (nSPS) is 20.1. The molecule has 3 heterocycles. The Hall–Kier alpha value is -3.89. The number of aryl methyl sites for hydroxylation is 1. The summed E-state index contributed by atoms with van der Waals surface area (Å²) in [7, 11) is 0. The molecule has 212 valence electrons. The summed E-state index contributed by atoms with van der Waals surface area (Å²) in [5, 5.41) is 12.8. The maximum absolute atomic E-state index is 13.7. The van der Waals surface area contributed by atoms with Gasteiger partial charge in [-0.25, -0.2) is 4.99 Å². The smallest absolute Gasteiger partial charge is 0.294 e. The number of thioether (sulfide) groups is 1. The molecule has 2 aliphatic heterocycles. The van der Waals surface area contributed by atoms with Gasteiger partial charge in [-0.1, -0.05) is 31.0 Å². The van der Waals surface area contributed by atoms with Crippen molar-refractivity contribution in [2.75, 3.05) is 31.2 Å². The Morgan fingerprint density at radius 1 is 1.05 bits per heavy atom. The number of rotatable bonds is 6. The molecule has 0 unspecified atom stereocenters. The van der Waals surface area contributed by atoms with Crippen molar-refractivity contribution >= 4 is 46.0 Å². The standard InChI is InChI=1S/C31H33N5O4S/c1-21-18-23(22(2)34(21)26-12-13-27(28(20-26)36(38)39)33-14-16-40-17-15-33)19-29-30(37)35(25-10-6-7-11-25)31(41-29)32-24-8-4-3-5-9-24/h3-5,8-9,12-13,18-20,25H,6-7,10-11,14-17H2,1-2H3/b29-19+,32-31?. The predicted octanol–water partition coefficient (Wildman–Crippen LogP) is 6.39. The van der Waals surface area contributed by atoms with E-state index in [1.807, 2.05) is 82.8 Å². The molecule has 3 aliphatic rings. The van der Waals surface area contributed by atoms with E-state index < -0.39 is 0 Å². The molecule has 1 amide bonds. The maximum atomic E-state index is 13.7. The van der Waals surface area contributed by atoms with Crippen LogP contribution in [0, 0.1) is 24.0 Å². The second-order valence-corrected chi connectivity index (χ2v) is 11.7. The van der Waals surface area contributed by atoms with Crippen molar-refractivity contribution in [2.45, 2.75) is 45.6 Å². The van der Waals surface area contributed by atoms with Crippen molar-refractivity contribution < 1.29 is 14.5 Å². The fourth-order valence-electron chi connectivity index (χ4n) is 6.00. The Morgan fingerprint density at radius 2 is 1.78 bits per heavy atom. The molecule has 3 aromatic rings. The van der Waals surface area contributed by atoms with Gasteiger partial charge in [-0.2, -0.15) is 0 Å². The van der Waals surface area contributed by atoms with Gasteiger partial charge in [0.1, 0.15) is 5.69 Å². The lowest BCUT2D eigenvalue weighted by molar-refractivity contribution is -0.384. The van der Waals surface area contributed by atoms with Gasteiger partial charge in [-0.3, -0.25) is 19.8 Å². The number of benzene rings is 2. The van der Waals surface area contributed by atoms with Gasteiger partial charge in [-0.05, 0) is 80.4 Å². The van der Waals surface area contributed by atoms with Gasteiger partial charge in [0.15, 0.2) is 5.17 Å². The van der Waals surface area contributed by atoms with Crippen LogP contribution >= 0.6 is 11.8 Å². The molecule has 0 atom stereocenters. The molecule has 2 aromatic carbocycles. The first-order valence-electron chi connectivity index (χ1n) is 14.1. The minimum absolute atomic E-state index is 0.00751. The highest BCUT2D eigenvalue weighted by Crippen LogP contribution is 2.40. The number of carbonyl (C=O) groups is 1. The Labute approximate surface area is 243 Å². The van der Waals surface area contributed by atoms with Crippen LogP contribution in [0.15, 0.2) is 64.5 Å². The van der Waals surface area contributed by atoms with Crippen molar-refractivity contribution in [1.29, 1.82) is 0 Å². The van der Waals surface area contributed by atoms with E-state index in [2.05, 4.69) is 0 Å². The van der Waals surface area contributed by atoms with Gasteiger partial charge in [0.25, 0.3) is 11.6 Å². The Bertz CT molecular complexity index is 1540. The van der Waals surface area contributed by atoms with E-state index in [4.69, 9.17) is 9.73 Å². The van der Waals surface area contributed by atoms with Crippen LogP contribution in [-0.2, 0) is 9.53 Å². The van der Waals surface area contributed by atoms with Crippen molar-refractivity contribution in [2.24, 2.45) is 4.99 Å². The number of amidine groups is 1. The minimum Gasteiger partial charge on any atom is -0.378 e. The SMILES string of the molecule is Cc1cc(/C=C2/SC(=Nc3ccccc3)N(C3CCCC3)C2=O)c(C)n1-c1ccc(N2CCOCC2)c([N+](=O)[O-])c1. The summed E-state index contributed by atoms with van der Waals surface area (Å²) < 4.78 is 7.44. The molecule has 2 saturated heterocycles. The fourth-order valence-corrected chi connectivity index (χ4v) is 7.05. The quantitative estimate of drug-likeness (QED) is 0.194. The zero-order chi connectivity index (χ0) is 28.5. The van der Waals surface area contributed by atoms with E-state index in [9.17, 15) is 14.9 Å². The summed E-state index contributed by atoms with van der Waals surface area (Å²) in [6.07, 6.45) is 6.16. The number of nitro benzene ring substituents is 1. The number of ether oxygens (including phenoxy) is 1. The summed E-state index contributed by atoms with van der Waals surface area (Å²) in [6.45, 7) is 6.32. The van der Waals surface area contributed by atoms with Crippen molar-refractivity contribution in [3.8, 4) is 5.69 Å². The number of hydrogen-bond acceptors (Lipinski definition) is 7. The van der Waals surface area contributed by atoms with E-state index >= 15 is 0 Å². The Balaban J connectivity index is 1.35. The van der Waals surface area contributed by atoms with Gasteiger partial charge >= 0.3 is 0 Å². The average Bonchev–Trinajstić information content (AvgIpc) is 3.68. The first-order valence-corrected chi connectivity index (χ1v) is 14.9. The molecule has 1 saturated carbocycles. The number of hydrogen-bond donors (Lipinski definition) is 0. The molecule has 1 aromatic heterocycles. The number of morpholine rings is 1. The van der Waals surface area contributed by atoms with E-state index in [1.165, 1.54) is 11.8 Å². The Morgan fingerprint density at radius 3 is 2.49 bits per heavy atom. The molecule has 41 heavy (non-hydrogen) atoms. The lowest BCUT2D eigenvalue weighted by Crippen LogP contribution is -2.37. The lowest BCUT2D eigenvalue weighted by Gasteiger charge is -2.28. The van der Waals surface area contributed by atoms with Gasteiger partial charge in [-0.15, -0.1) is 0 Å². The summed E-state index contributed by atoms with van der Waals surface area (Å²) in [5.41, 5.74) is 4.99. The molecule has 9 nitrogen and oxygen atoms in total. The molecular weight excluding hydrogens is 538 g/mol. The first kappa shape index (κ1) is 27.3. The van der Waals surface area contributed by atoms with Gasteiger partial charge in [0.2, 0.25) is 0 Å². The fraction of sp³-hybridized carbons (Fsp3) is 0.355. The van der Waals surface area contributed by atoms with Crippen molar-refractivity contribution in [1.82, 2.24) is 9.47 Å². The third-order valence-electron chi connectivity index (χ3n) is 8.03. The number of amides is 1.